The third-order valence-corrected chi connectivity index (χ3v) is 3.00. The number of hydrogen-bond donors (Lipinski definition) is 0. The molecule has 0 N–H and O–H groups in total. The Bertz CT molecular complexity index is 428. The molecule has 5 heteroatoms. The van der Waals surface area contributed by atoms with Crippen molar-refractivity contribution >= 4 is 11.8 Å². The molecule has 0 amide bonds. The van der Waals surface area contributed by atoms with Gasteiger partial charge in [-0.2, -0.15) is 0 Å². The summed E-state index contributed by atoms with van der Waals surface area (Å²) < 4.78 is 10.0. The van der Waals surface area contributed by atoms with E-state index in [1.54, 1.807) is 19.2 Å². The van der Waals surface area contributed by atoms with Gasteiger partial charge in [-0.15, -0.1) is 0 Å². The van der Waals surface area contributed by atoms with Crippen LogP contribution in [0, 0.1) is 0 Å². The molecule has 2 rings (SSSR count). The zero-order chi connectivity index (χ0) is 12.5. The Kier molecular flexibility index (Phi) is 3.02. The summed E-state index contributed by atoms with van der Waals surface area (Å²) in [5, 5.41) is 0. The smallest absolute Gasteiger partial charge is 0.356 e. The summed E-state index contributed by atoms with van der Waals surface area (Å²) in [6.45, 7) is 3.61. The molecule has 0 aromatic carbocycles. The molecule has 0 unspecified atom stereocenters. The molecule has 2 heterocycles. The van der Waals surface area contributed by atoms with E-state index in [0.29, 0.717) is 5.69 Å². The SMILES string of the molecule is COC(=O)c1cccc(N2CC(C)(OC)C2)n1. The lowest BCUT2D eigenvalue weighted by Crippen LogP contribution is -2.61. The molecular weight excluding hydrogens is 220 g/mol. The summed E-state index contributed by atoms with van der Waals surface area (Å²) in [6, 6.07) is 5.32. The summed E-state index contributed by atoms with van der Waals surface area (Å²) in [5.41, 5.74) is 0.221. The van der Waals surface area contributed by atoms with Crippen molar-refractivity contribution < 1.29 is 14.3 Å². The van der Waals surface area contributed by atoms with Crippen LogP contribution in [0.4, 0.5) is 5.82 Å². The number of aromatic nitrogens is 1. The van der Waals surface area contributed by atoms with Gasteiger partial charge in [0.1, 0.15) is 5.82 Å². The Morgan fingerprint density at radius 1 is 1.41 bits per heavy atom. The second-order valence-corrected chi connectivity index (χ2v) is 4.38. The van der Waals surface area contributed by atoms with Gasteiger partial charge in [-0.3, -0.25) is 0 Å². The topological polar surface area (TPSA) is 51.7 Å². The van der Waals surface area contributed by atoms with Gasteiger partial charge in [-0.05, 0) is 19.1 Å². The molecule has 0 atom stereocenters. The van der Waals surface area contributed by atoms with E-state index in [4.69, 9.17) is 4.74 Å². The summed E-state index contributed by atoms with van der Waals surface area (Å²) >= 11 is 0. The van der Waals surface area contributed by atoms with Crippen molar-refractivity contribution in [2.24, 2.45) is 0 Å². The van der Waals surface area contributed by atoms with Crippen LogP contribution in [0.25, 0.3) is 0 Å². The van der Waals surface area contributed by atoms with Crippen molar-refractivity contribution in [3.63, 3.8) is 0 Å². The maximum absolute atomic E-state index is 11.4. The van der Waals surface area contributed by atoms with Crippen LogP contribution in [0.15, 0.2) is 18.2 Å². The highest BCUT2D eigenvalue weighted by atomic mass is 16.5. The molecule has 17 heavy (non-hydrogen) atoms. The standard InChI is InChI=1S/C12H16N2O3/c1-12(17-3)7-14(8-12)10-6-4-5-9(13-10)11(15)16-2/h4-6H,7-8H2,1-3H3. The fourth-order valence-electron chi connectivity index (χ4n) is 1.87. The number of rotatable bonds is 3. The minimum Gasteiger partial charge on any atom is -0.464 e. The van der Waals surface area contributed by atoms with Gasteiger partial charge < -0.3 is 14.4 Å². The minimum atomic E-state index is -0.415. The summed E-state index contributed by atoms with van der Waals surface area (Å²) in [7, 11) is 3.05. The van der Waals surface area contributed by atoms with Gasteiger partial charge in [0.05, 0.1) is 12.7 Å². The predicted octanol–water partition coefficient (Wildman–Crippen LogP) is 1.09. The maximum Gasteiger partial charge on any atom is 0.356 e. The fourth-order valence-corrected chi connectivity index (χ4v) is 1.87. The first-order valence-electron chi connectivity index (χ1n) is 5.43. The van der Waals surface area contributed by atoms with Crippen LogP contribution in [0.3, 0.4) is 0 Å². The lowest BCUT2D eigenvalue weighted by atomic mass is 9.96. The van der Waals surface area contributed by atoms with E-state index in [-0.39, 0.29) is 5.60 Å². The molecule has 0 spiro atoms. The Morgan fingerprint density at radius 3 is 2.71 bits per heavy atom. The quantitative estimate of drug-likeness (QED) is 0.735. The first kappa shape index (κ1) is 11.9. The first-order valence-corrected chi connectivity index (χ1v) is 5.43. The van der Waals surface area contributed by atoms with Crippen LogP contribution >= 0.6 is 0 Å². The van der Waals surface area contributed by atoms with Crippen molar-refractivity contribution in [3.8, 4) is 0 Å². The molecule has 1 aliphatic heterocycles. The highest BCUT2D eigenvalue weighted by Crippen LogP contribution is 2.28. The average Bonchev–Trinajstić information content (AvgIpc) is 2.34. The molecule has 1 fully saturated rings. The van der Waals surface area contributed by atoms with Crippen LogP contribution < -0.4 is 4.90 Å². The lowest BCUT2D eigenvalue weighted by molar-refractivity contribution is -0.0171. The van der Waals surface area contributed by atoms with Gasteiger partial charge >= 0.3 is 5.97 Å². The van der Waals surface area contributed by atoms with Gasteiger partial charge in [-0.25, -0.2) is 9.78 Å². The van der Waals surface area contributed by atoms with E-state index in [1.165, 1.54) is 7.11 Å². The van der Waals surface area contributed by atoms with Crippen LogP contribution in [0.5, 0.6) is 0 Å². The molecule has 0 aliphatic carbocycles. The van der Waals surface area contributed by atoms with E-state index in [0.717, 1.165) is 18.9 Å². The van der Waals surface area contributed by atoms with E-state index < -0.39 is 5.97 Å². The molecule has 1 aromatic rings. The Morgan fingerprint density at radius 2 is 2.12 bits per heavy atom. The summed E-state index contributed by atoms with van der Waals surface area (Å²) in [5.74, 6) is 0.365. The zero-order valence-electron chi connectivity index (χ0n) is 10.3. The molecular formula is C12H16N2O3. The van der Waals surface area contributed by atoms with Gasteiger partial charge in [0.2, 0.25) is 0 Å². The number of ether oxygens (including phenoxy) is 2. The molecule has 1 aliphatic rings. The second-order valence-electron chi connectivity index (χ2n) is 4.38. The average molecular weight is 236 g/mol. The highest BCUT2D eigenvalue weighted by molar-refractivity contribution is 5.87. The Labute approximate surface area is 100 Å². The number of pyridine rings is 1. The van der Waals surface area contributed by atoms with E-state index in [1.807, 2.05) is 13.0 Å². The van der Waals surface area contributed by atoms with Gasteiger partial charge in [0.25, 0.3) is 0 Å². The number of hydrogen-bond acceptors (Lipinski definition) is 5. The summed E-state index contributed by atoms with van der Waals surface area (Å²) in [4.78, 5) is 17.7. The van der Waals surface area contributed by atoms with E-state index in [2.05, 4.69) is 14.6 Å². The maximum atomic E-state index is 11.4. The molecule has 1 saturated heterocycles. The van der Waals surface area contributed by atoms with Gasteiger partial charge in [0.15, 0.2) is 5.69 Å². The summed E-state index contributed by atoms with van der Waals surface area (Å²) in [6.07, 6.45) is 0. The number of esters is 1. The van der Waals surface area contributed by atoms with Crippen LogP contribution in [0.1, 0.15) is 17.4 Å². The molecule has 0 bridgehead atoms. The van der Waals surface area contributed by atoms with Crippen LogP contribution in [-0.4, -0.2) is 43.9 Å². The monoisotopic (exact) mass is 236 g/mol. The van der Waals surface area contributed by atoms with Gasteiger partial charge in [-0.1, -0.05) is 6.07 Å². The molecule has 0 radical (unpaired) electrons. The molecule has 0 saturated carbocycles. The second kappa shape index (κ2) is 4.33. The lowest BCUT2D eigenvalue weighted by Gasteiger charge is -2.47. The number of carbonyl (C=O) groups excluding carboxylic acids is 1. The van der Waals surface area contributed by atoms with Gasteiger partial charge in [0, 0.05) is 20.2 Å². The number of carbonyl (C=O) groups is 1. The largest absolute Gasteiger partial charge is 0.464 e. The molecule has 92 valence electrons. The van der Waals surface area contributed by atoms with Crippen molar-refractivity contribution in [1.29, 1.82) is 0 Å². The third-order valence-electron chi connectivity index (χ3n) is 3.00. The molecule has 5 nitrogen and oxygen atoms in total. The predicted molar refractivity (Wildman–Crippen MR) is 63.2 cm³/mol. The van der Waals surface area contributed by atoms with E-state index in [9.17, 15) is 4.79 Å². The minimum absolute atomic E-state index is 0.108. The highest BCUT2D eigenvalue weighted by Gasteiger charge is 2.39. The van der Waals surface area contributed by atoms with Crippen molar-refractivity contribution in [2.45, 2.75) is 12.5 Å². The normalized spacial score (nSPS) is 17.5. The van der Waals surface area contributed by atoms with Crippen molar-refractivity contribution in [3.05, 3.63) is 23.9 Å². The Hall–Kier alpha value is -1.62. The Balaban J connectivity index is 2.11. The number of methoxy groups -OCH3 is 2. The fraction of sp³-hybridized carbons (Fsp3) is 0.500. The van der Waals surface area contributed by atoms with Crippen molar-refractivity contribution in [2.75, 3.05) is 32.2 Å². The third kappa shape index (κ3) is 2.24. The zero-order valence-corrected chi connectivity index (χ0v) is 10.3. The number of nitrogens with zero attached hydrogens (tertiary/aromatic N) is 2. The molecule has 1 aromatic heterocycles. The van der Waals surface area contributed by atoms with Crippen LogP contribution in [0.2, 0.25) is 0 Å². The number of anilines is 1. The van der Waals surface area contributed by atoms with E-state index >= 15 is 0 Å². The van der Waals surface area contributed by atoms with Crippen molar-refractivity contribution in [1.82, 2.24) is 4.98 Å². The van der Waals surface area contributed by atoms with Crippen LogP contribution in [-0.2, 0) is 9.47 Å². The first-order chi connectivity index (χ1) is 8.08.